The van der Waals surface area contributed by atoms with Crippen LogP contribution in [0.2, 0.25) is 0 Å². The van der Waals surface area contributed by atoms with Crippen molar-refractivity contribution in [2.75, 3.05) is 31.1 Å². The fourth-order valence-electron chi connectivity index (χ4n) is 5.14. The molecule has 0 bridgehead atoms. The fourth-order valence-corrected chi connectivity index (χ4v) is 5.14. The van der Waals surface area contributed by atoms with Gasteiger partial charge >= 0.3 is 0 Å². The van der Waals surface area contributed by atoms with Crippen LogP contribution in [0.15, 0.2) is 36.8 Å². The number of benzene rings is 1. The van der Waals surface area contributed by atoms with Gasteiger partial charge in [-0.25, -0.2) is 23.7 Å². The lowest BCUT2D eigenvalue weighted by Gasteiger charge is -2.37. The molecule has 1 fully saturated rings. The maximum Gasteiger partial charge on any atom is 0.151 e. The van der Waals surface area contributed by atoms with E-state index in [-0.39, 0.29) is 6.04 Å². The number of aryl methyl sites for hydroxylation is 1. The first-order chi connectivity index (χ1) is 17.7. The lowest BCUT2D eigenvalue weighted by molar-refractivity contribution is 0.209. The minimum atomic E-state index is -0.508. The van der Waals surface area contributed by atoms with Gasteiger partial charge in [-0.3, -0.25) is 9.88 Å². The largest absolute Gasteiger partial charge is 0.366 e. The zero-order valence-electron chi connectivity index (χ0n) is 22.0. The van der Waals surface area contributed by atoms with Gasteiger partial charge in [-0.1, -0.05) is 0 Å². The van der Waals surface area contributed by atoms with Crippen LogP contribution in [0.1, 0.15) is 51.1 Å². The number of hydrogen-bond donors (Lipinski definition) is 0. The van der Waals surface area contributed by atoms with Crippen LogP contribution in [0.4, 0.5) is 14.5 Å². The van der Waals surface area contributed by atoms with Gasteiger partial charge in [0.25, 0.3) is 0 Å². The van der Waals surface area contributed by atoms with Gasteiger partial charge in [0.1, 0.15) is 23.0 Å². The van der Waals surface area contributed by atoms with Crippen LogP contribution in [0, 0.1) is 18.6 Å². The Kier molecular flexibility index (Phi) is 6.90. The number of aromatic nitrogens is 5. The van der Waals surface area contributed by atoms with Crippen molar-refractivity contribution < 1.29 is 8.78 Å². The summed E-state index contributed by atoms with van der Waals surface area (Å²) >= 11 is 0. The summed E-state index contributed by atoms with van der Waals surface area (Å²) < 4.78 is 31.8. The molecular formula is C28H33F2N7. The molecule has 4 aromatic rings. The first-order valence-corrected chi connectivity index (χ1v) is 12.8. The predicted octanol–water partition coefficient (Wildman–Crippen LogP) is 5.18. The monoisotopic (exact) mass is 505 g/mol. The zero-order chi connectivity index (χ0) is 26.3. The number of pyridine rings is 1. The van der Waals surface area contributed by atoms with Crippen LogP contribution < -0.4 is 4.90 Å². The number of rotatable bonds is 6. The highest BCUT2D eigenvalue weighted by atomic mass is 19.1. The predicted molar refractivity (Wildman–Crippen MR) is 142 cm³/mol. The smallest absolute Gasteiger partial charge is 0.151 e. The highest BCUT2D eigenvalue weighted by molar-refractivity contribution is 5.83. The summed E-state index contributed by atoms with van der Waals surface area (Å²) in [6.45, 7) is 14.2. The minimum absolute atomic E-state index is 0.0942. The maximum atomic E-state index is 15.0. The van der Waals surface area contributed by atoms with E-state index in [1.54, 1.807) is 12.1 Å². The lowest BCUT2D eigenvalue weighted by atomic mass is 10.0. The molecule has 0 radical (unpaired) electrons. The van der Waals surface area contributed by atoms with E-state index in [0.717, 1.165) is 37.7 Å². The van der Waals surface area contributed by atoms with Gasteiger partial charge in [0.15, 0.2) is 5.82 Å². The third-order valence-corrected chi connectivity index (χ3v) is 7.11. The molecule has 4 heterocycles. The van der Waals surface area contributed by atoms with E-state index in [0.29, 0.717) is 46.1 Å². The molecule has 9 heteroatoms. The molecule has 0 spiro atoms. The average Bonchev–Trinajstić information content (AvgIpc) is 3.22. The summed E-state index contributed by atoms with van der Waals surface area (Å²) in [5.74, 6) is 0.344. The van der Waals surface area contributed by atoms with Crippen molar-refractivity contribution in [2.45, 2.75) is 53.1 Å². The Morgan fingerprint density at radius 1 is 0.838 bits per heavy atom. The molecule has 1 aliphatic heterocycles. The Bertz CT molecular complexity index is 1400. The van der Waals surface area contributed by atoms with Crippen molar-refractivity contribution in [3.63, 3.8) is 0 Å². The average molecular weight is 506 g/mol. The van der Waals surface area contributed by atoms with Crippen molar-refractivity contribution in [3.05, 3.63) is 65.8 Å². The molecule has 0 atom stereocenters. The molecule has 5 rings (SSSR count). The molecular weight excluding hydrogens is 472 g/mol. The highest BCUT2D eigenvalue weighted by Crippen LogP contribution is 2.31. The molecule has 0 unspecified atom stereocenters. The minimum Gasteiger partial charge on any atom is -0.366 e. The summed E-state index contributed by atoms with van der Waals surface area (Å²) in [5.41, 5.74) is 3.30. The van der Waals surface area contributed by atoms with E-state index in [4.69, 9.17) is 0 Å². The lowest BCUT2D eigenvalue weighted by Crippen LogP contribution is -2.49. The van der Waals surface area contributed by atoms with Gasteiger partial charge in [-0.05, 0) is 58.4 Å². The number of imidazole rings is 1. The first kappa shape index (κ1) is 25.2. The maximum absolute atomic E-state index is 15.0. The van der Waals surface area contributed by atoms with Crippen LogP contribution in [0.25, 0.3) is 22.2 Å². The van der Waals surface area contributed by atoms with Crippen LogP contribution in [0.3, 0.4) is 0 Å². The number of piperazine rings is 1. The summed E-state index contributed by atoms with van der Waals surface area (Å²) in [7, 11) is 0. The van der Waals surface area contributed by atoms with E-state index >= 15 is 0 Å². The zero-order valence-corrected chi connectivity index (χ0v) is 22.0. The molecule has 7 nitrogen and oxygen atoms in total. The second-order valence-electron chi connectivity index (χ2n) is 10.3. The van der Waals surface area contributed by atoms with E-state index in [1.807, 2.05) is 37.7 Å². The van der Waals surface area contributed by atoms with Gasteiger partial charge in [0.05, 0.1) is 36.2 Å². The van der Waals surface area contributed by atoms with Crippen molar-refractivity contribution in [1.82, 2.24) is 29.4 Å². The van der Waals surface area contributed by atoms with E-state index in [1.165, 1.54) is 12.3 Å². The normalized spacial score (nSPS) is 14.9. The van der Waals surface area contributed by atoms with Gasteiger partial charge in [0.2, 0.25) is 0 Å². The molecule has 1 aliphatic rings. The summed E-state index contributed by atoms with van der Waals surface area (Å²) in [5, 5.41) is 0. The molecule has 1 saturated heterocycles. The molecule has 194 valence electrons. The topological polar surface area (TPSA) is 63.0 Å². The Labute approximate surface area is 216 Å². The Hall–Kier alpha value is -3.46. The van der Waals surface area contributed by atoms with Gasteiger partial charge in [-0.2, -0.15) is 0 Å². The Morgan fingerprint density at radius 3 is 2.19 bits per heavy atom. The first-order valence-electron chi connectivity index (χ1n) is 12.8. The molecule has 1 aromatic carbocycles. The highest BCUT2D eigenvalue weighted by Gasteiger charge is 2.20. The number of nitrogens with zero attached hydrogens (tertiary/aromatic N) is 7. The quantitative estimate of drug-likeness (QED) is 0.360. The number of fused-ring (bicyclic) bond motifs is 1. The van der Waals surface area contributed by atoms with Gasteiger partial charge in [0, 0.05) is 49.5 Å². The second-order valence-corrected chi connectivity index (χ2v) is 10.3. The molecule has 0 N–H and O–H groups in total. The molecule has 3 aromatic heterocycles. The second kappa shape index (κ2) is 10.1. The SMILES string of the molecule is Cc1nc2c(F)cc(-c3cc(Cc4ncc(N5CCN(C(C)C)CC5)cn4)ncc3F)cc2n1C(C)C. The molecule has 0 saturated carbocycles. The Balaban J connectivity index is 1.38. The third kappa shape index (κ3) is 5.05. The van der Waals surface area contributed by atoms with Gasteiger partial charge < -0.3 is 9.47 Å². The van der Waals surface area contributed by atoms with E-state index in [9.17, 15) is 8.78 Å². The number of halogens is 2. The molecule has 37 heavy (non-hydrogen) atoms. The van der Waals surface area contributed by atoms with E-state index in [2.05, 4.69) is 43.6 Å². The van der Waals surface area contributed by atoms with Crippen LogP contribution in [-0.4, -0.2) is 61.6 Å². The standard InChI is InChI=1S/C28H33F2N7/c1-17(2)35-6-8-36(9-7-35)22-14-32-27(33-15-22)13-21-12-23(25(30)16-31-21)20-10-24(29)28-26(11-20)37(18(3)4)19(5)34-28/h10-12,14-18H,6-9,13H2,1-5H3. The van der Waals surface area contributed by atoms with Crippen molar-refractivity contribution >= 4 is 16.7 Å². The molecule has 0 aliphatic carbocycles. The summed E-state index contributed by atoms with van der Waals surface area (Å²) in [6, 6.07) is 5.43. The number of hydrogen-bond acceptors (Lipinski definition) is 6. The van der Waals surface area contributed by atoms with Gasteiger partial charge in [-0.15, -0.1) is 0 Å². The van der Waals surface area contributed by atoms with Crippen LogP contribution in [0.5, 0.6) is 0 Å². The fraction of sp³-hybridized carbons (Fsp3) is 0.429. The molecule has 0 amide bonds. The van der Waals surface area contributed by atoms with Crippen LogP contribution in [-0.2, 0) is 6.42 Å². The van der Waals surface area contributed by atoms with Crippen molar-refractivity contribution in [2.24, 2.45) is 0 Å². The van der Waals surface area contributed by atoms with Crippen LogP contribution >= 0.6 is 0 Å². The van der Waals surface area contributed by atoms with E-state index < -0.39 is 11.6 Å². The number of anilines is 1. The van der Waals surface area contributed by atoms with Crippen molar-refractivity contribution in [1.29, 1.82) is 0 Å². The Morgan fingerprint density at radius 2 is 1.54 bits per heavy atom. The third-order valence-electron chi connectivity index (χ3n) is 7.11. The van der Waals surface area contributed by atoms with Crippen molar-refractivity contribution in [3.8, 4) is 11.1 Å². The summed E-state index contributed by atoms with van der Waals surface area (Å²) in [4.78, 5) is 22.5. The summed E-state index contributed by atoms with van der Waals surface area (Å²) in [6.07, 6.45) is 5.22.